The first-order chi connectivity index (χ1) is 11.9. The van der Waals surface area contributed by atoms with Crippen LogP contribution in [0.1, 0.15) is 25.0 Å². The van der Waals surface area contributed by atoms with E-state index >= 15 is 0 Å². The maximum absolute atomic E-state index is 13.7. The van der Waals surface area contributed by atoms with E-state index in [-0.39, 0.29) is 23.6 Å². The van der Waals surface area contributed by atoms with E-state index < -0.39 is 0 Å². The molecule has 3 rings (SSSR count). The minimum absolute atomic E-state index is 0.0302. The van der Waals surface area contributed by atoms with Crippen LogP contribution in [0.2, 0.25) is 5.02 Å². The van der Waals surface area contributed by atoms with Crippen molar-refractivity contribution in [2.75, 3.05) is 6.54 Å². The molecule has 0 atom stereocenters. The number of aromatic nitrogens is 1. The van der Waals surface area contributed by atoms with Gasteiger partial charge in [0.1, 0.15) is 5.82 Å². The molecule has 130 valence electrons. The Morgan fingerprint density at radius 2 is 2.00 bits per heavy atom. The second-order valence-corrected chi connectivity index (χ2v) is 7.26. The highest BCUT2D eigenvalue weighted by atomic mass is 35.5. The lowest BCUT2D eigenvalue weighted by Gasteiger charge is -2.25. The van der Waals surface area contributed by atoms with Crippen molar-refractivity contribution in [1.82, 2.24) is 10.3 Å². The maximum atomic E-state index is 13.7. The number of hydrogen-bond acceptors (Lipinski definition) is 1. The highest BCUT2D eigenvalue weighted by Gasteiger charge is 2.25. The molecule has 2 aromatic carbocycles. The van der Waals surface area contributed by atoms with E-state index in [0.717, 1.165) is 16.5 Å². The van der Waals surface area contributed by atoms with Gasteiger partial charge in [-0.3, -0.25) is 4.79 Å². The molecule has 0 aliphatic rings. The summed E-state index contributed by atoms with van der Waals surface area (Å²) in [5.41, 5.74) is 2.19. The number of aromatic amines is 1. The summed E-state index contributed by atoms with van der Waals surface area (Å²) in [5, 5.41) is 4.63. The van der Waals surface area contributed by atoms with Crippen LogP contribution in [0.4, 0.5) is 4.39 Å². The molecule has 0 saturated heterocycles. The van der Waals surface area contributed by atoms with E-state index in [9.17, 15) is 9.18 Å². The van der Waals surface area contributed by atoms with Crippen molar-refractivity contribution in [2.24, 2.45) is 0 Å². The van der Waals surface area contributed by atoms with E-state index in [4.69, 9.17) is 11.6 Å². The van der Waals surface area contributed by atoms with Gasteiger partial charge in [-0.15, -0.1) is 0 Å². The summed E-state index contributed by atoms with van der Waals surface area (Å²) in [7, 11) is 0. The SMILES string of the molecule is CC(C)(CNC(=O)Cc1ccccc1F)c1c[nH]c2ccc(Cl)cc12. The lowest BCUT2D eigenvalue weighted by atomic mass is 9.84. The van der Waals surface area contributed by atoms with Crippen molar-refractivity contribution >= 4 is 28.4 Å². The number of nitrogens with one attached hydrogen (secondary N) is 2. The van der Waals surface area contributed by atoms with Crippen LogP contribution in [0.3, 0.4) is 0 Å². The average molecular weight is 359 g/mol. The zero-order valence-corrected chi connectivity index (χ0v) is 15.0. The predicted molar refractivity (Wildman–Crippen MR) is 99.4 cm³/mol. The molecular formula is C20H20ClFN2O. The van der Waals surface area contributed by atoms with Crippen molar-refractivity contribution in [3.63, 3.8) is 0 Å². The Morgan fingerprint density at radius 1 is 1.24 bits per heavy atom. The highest BCUT2D eigenvalue weighted by molar-refractivity contribution is 6.31. The Hall–Kier alpha value is -2.33. The van der Waals surface area contributed by atoms with Crippen LogP contribution in [-0.2, 0) is 16.6 Å². The lowest BCUT2D eigenvalue weighted by Crippen LogP contribution is -2.37. The molecule has 0 aliphatic carbocycles. The van der Waals surface area contributed by atoms with Crippen LogP contribution < -0.4 is 5.32 Å². The largest absolute Gasteiger partial charge is 0.361 e. The molecule has 0 unspecified atom stereocenters. The molecule has 5 heteroatoms. The number of fused-ring (bicyclic) bond motifs is 1. The molecule has 0 radical (unpaired) electrons. The average Bonchev–Trinajstić information content (AvgIpc) is 2.99. The van der Waals surface area contributed by atoms with Crippen molar-refractivity contribution < 1.29 is 9.18 Å². The Morgan fingerprint density at radius 3 is 2.76 bits per heavy atom. The van der Waals surface area contributed by atoms with Gasteiger partial charge in [0.15, 0.2) is 0 Å². The fourth-order valence-electron chi connectivity index (χ4n) is 2.94. The number of amides is 1. The van der Waals surface area contributed by atoms with E-state index in [1.165, 1.54) is 6.07 Å². The van der Waals surface area contributed by atoms with Gasteiger partial charge in [-0.25, -0.2) is 4.39 Å². The van der Waals surface area contributed by atoms with Crippen LogP contribution >= 0.6 is 11.6 Å². The summed E-state index contributed by atoms with van der Waals surface area (Å²) in [6.45, 7) is 4.56. The fourth-order valence-corrected chi connectivity index (χ4v) is 3.12. The molecule has 0 fully saturated rings. The summed E-state index contributed by atoms with van der Waals surface area (Å²) < 4.78 is 13.7. The molecule has 0 saturated carbocycles. The first kappa shape index (κ1) is 17.5. The number of carbonyl (C=O) groups is 1. The zero-order chi connectivity index (χ0) is 18.0. The van der Waals surface area contributed by atoms with E-state index in [2.05, 4.69) is 24.1 Å². The van der Waals surface area contributed by atoms with Gasteiger partial charge in [-0.1, -0.05) is 43.6 Å². The zero-order valence-electron chi connectivity index (χ0n) is 14.2. The van der Waals surface area contributed by atoms with Gasteiger partial charge in [0, 0.05) is 34.1 Å². The molecule has 1 aromatic heterocycles. The van der Waals surface area contributed by atoms with Gasteiger partial charge >= 0.3 is 0 Å². The second-order valence-electron chi connectivity index (χ2n) is 6.82. The van der Waals surface area contributed by atoms with Crippen LogP contribution in [0, 0.1) is 5.82 Å². The summed E-state index contributed by atoms with van der Waals surface area (Å²) in [6, 6.07) is 12.0. The third-order valence-corrected chi connectivity index (χ3v) is 4.64. The topological polar surface area (TPSA) is 44.9 Å². The third kappa shape index (κ3) is 3.85. The number of rotatable bonds is 5. The van der Waals surface area contributed by atoms with Crippen LogP contribution in [-0.4, -0.2) is 17.4 Å². The van der Waals surface area contributed by atoms with Gasteiger partial charge in [0.25, 0.3) is 0 Å². The normalized spacial score (nSPS) is 11.7. The molecule has 25 heavy (non-hydrogen) atoms. The van der Waals surface area contributed by atoms with E-state index in [0.29, 0.717) is 17.1 Å². The third-order valence-electron chi connectivity index (χ3n) is 4.41. The van der Waals surface area contributed by atoms with E-state index in [1.807, 2.05) is 24.4 Å². The number of hydrogen-bond donors (Lipinski definition) is 2. The van der Waals surface area contributed by atoms with Crippen LogP contribution in [0.15, 0.2) is 48.7 Å². The molecule has 0 aliphatic heterocycles. The first-order valence-corrected chi connectivity index (χ1v) is 8.52. The van der Waals surface area contributed by atoms with Crippen molar-refractivity contribution in [3.8, 4) is 0 Å². The van der Waals surface area contributed by atoms with Gasteiger partial charge in [0.2, 0.25) is 5.91 Å². The summed E-state index contributed by atoms with van der Waals surface area (Å²) >= 11 is 6.11. The summed E-state index contributed by atoms with van der Waals surface area (Å²) in [6.07, 6.45) is 1.98. The molecule has 3 aromatic rings. The van der Waals surface area contributed by atoms with Gasteiger partial charge in [0.05, 0.1) is 6.42 Å². The number of H-pyrrole nitrogens is 1. The van der Waals surface area contributed by atoms with Crippen molar-refractivity contribution in [2.45, 2.75) is 25.7 Å². The summed E-state index contributed by atoms with van der Waals surface area (Å²) in [5.74, 6) is -0.556. The standard InChI is InChI=1S/C20H20ClFN2O/c1-20(2,16-11-23-18-8-7-14(21)10-15(16)18)12-24-19(25)9-13-5-3-4-6-17(13)22/h3-8,10-11,23H,9,12H2,1-2H3,(H,24,25). The summed E-state index contributed by atoms with van der Waals surface area (Å²) in [4.78, 5) is 15.4. The Balaban J connectivity index is 1.71. The van der Waals surface area contributed by atoms with Crippen LogP contribution in [0.5, 0.6) is 0 Å². The Kier molecular flexibility index (Phi) is 4.82. The number of halogens is 2. The fraction of sp³-hybridized carbons (Fsp3) is 0.250. The Labute approximate surface area is 151 Å². The second kappa shape index (κ2) is 6.89. The van der Waals surface area contributed by atoms with Gasteiger partial charge < -0.3 is 10.3 Å². The molecule has 3 nitrogen and oxygen atoms in total. The maximum Gasteiger partial charge on any atom is 0.224 e. The monoisotopic (exact) mass is 358 g/mol. The lowest BCUT2D eigenvalue weighted by molar-refractivity contribution is -0.120. The van der Waals surface area contributed by atoms with Crippen molar-refractivity contribution in [3.05, 3.63) is 70.6 Å². The molecule has 0 bridgehead atoms. The molecule has 0 spiro atoms. The number of benzene rings is 2. The van der Waals surface area contributed by atoms with Crippen LogP contribution in [0.25, 0.3) is 10.9 Å². The molecule has 1 heterocycles. The van der Waals surface area contributed by atoms with Gasteiger partial charge in [-0.05, 0) is 35.4 Å². The predicted octanol–water partition coefficient (Wildman–Crippen LogP) is 4.60. The van der Waals surface area contributed by atoms with E-state index in [1.54, 1.807) is 18.2 Å². The highest BCUT2D eigenvalue weighted by Crippen LogP contribution is 2.31. The molecular weight excluding hydrogens is 339 g/mol. The first-order valence-electron chi connectivity index (χ1n) is 8.14. The smallest absolute Gasteiger partial charge is 0.224 e. The molecule has 2 N–H and O–H groups in total. The number of carbonyl (C=O) groups excluding carboxylic acids is 1. The van der Waals surface area contributed by atoms with Gasteiger partial charge in [-0.2, -0.15) is 0 Å². The Bertz CT molecular complexity index is 917. The minimum Gasteiger partial charge on any atom is -0.361 e. The minimum atomic E-state index is -0.358. The quantitative estimate of drug-likeness (QED) is 0.688. The van der Waals surface area contributed by atoms with Crippen molar-refractivity contribution in [1.29, 1.82) is 0 Å². The molecule has 1 amide bonds.